The van der Waals surface area contributed by atoms with Gasteiger partial charge in [-0.25, -0.2) is 9.18 Å². The van der Waals surface area contributed by atoms with Crippen molar-refractivity contribution in [1.82, 2.24) is 10.1 Å². The van der Waals surface area contributed by atoms with Crippen LogP contribution in [-0.4, -0.2) is 23.3 Å². The molecule has 4 aromatic rings. The van der Waals surface area contributed by atoms with Gasteiger partial charge in [0, 0.05) is 16.9 Å². The van der Waals surface area contributed by atoms with Crippen molar-refractivity contribution in [2.45, 2.75) is 0 Å². The number of hydrogen-bond donors (Lipinski definition) is 2. The Morgan fingerprint density at radius 1 is 0.967 bits per heavy atom. The molecule has 0 unspecified atom stereocenters. The summed E-state index contributed by atoms with van der Waals surface area (Å²) in [6.45, 7) is 0. The van der Waals surface area contributed by atoms with E-state index in [1.807, 2.05) is 24.3 Å². The molecule has 0 radical (unpaired) electrons. The summed E-state index contributed by atoms with van der Waals surface area (Å²) in [5.41, 5.74) is 2.37. The standard InChI is InChI=1S/C22H17FN4O3/c1-29-19-8-3-2-7-18(19)21-26-20(27-30-21)14-5-4-6-17(13-14)25-22(28)24-16-11-9-15(23)10-12-16/h2-13H,1H3,(H2,24,25,28). The first-order valence-corrected chi connectivity index (χ1v) is 9.03. The number of rotatable bonds is 5. The highest BCUT2D eigenvalue weighted by Gasteiger charge is 2.15. The summed E-state index contributed by atoms with van der Waals surface area (Å²) in [4.78, 5) is 16.6. The van der Waals surface area contributed by atoms with Gasteiger partial charge in [0.25, 0.3) is 5.89 Å². The van der Waals surface area contributed by atoms with Crippen LogP contribution in [0.15, 0.2) is 77.3 Å². The average Bonchev–Trinajstić information content (AvgIpc) is 3.26. The molecule has 0 aliphatic heterocycles. The first-order chi connectivity index (χ1) is 14.6. The molecule has 7 nitrogen and oxygen atoms in total. The number of amides is 2. The molecule has 0 bridgehead atoms. The van der Waals surface area contributed by atoms with Crippen molar-refractivity contribution >= 4 is 17.4 Å². The Balaban J connectivity index is 1.50. The third kappa shape index (κ3) is 4.27. The molecule has 0 aliphatic rings. The van der Waals surface area contributed by atoms with E-state index < -0.39 is 6.03 Å². The lowest BCUT2D eigenvalue weighted by Crippen LogP contribution is -2.19. The van der Waals surface area contributed by atoms with E-state index in [4.69, 9.17) is 9.26 Å². The Morgan fingerprint density at radius 3 is 2.53 bits per heavy atom. The number of carbonyl (C=O) groups is 1. The highest BCUT2D eigenvalue weighted by molar-refractivity contribution is 6.00. The predicted octanol–water partition coefficient (Wildman–Crippen LogP) is 5.20. The molecule has 1 aromatic heterocycles. The molecule has 8 heteroatoms. The van der Waals surface area contributed by atoms with Gasteiger partial charge in [-0.05, 0) is 48.5 Å². The highest BCUT2D eigenvalue weighted by atomic mass is 19.1. The van der Waals surface area contributed by atoms with Gasteiger partial charge in [-0.1, -0.05) is 29.4 Å². The van der Waals surface area contributed by atoms with Crippen LogP contribution in [0.4, 0.5) is 20.6 Å². The van der Waals surface area contributed by atoms with Crippen LogP contribution >= 0.6 is 0 Å². The van der Waals surface area contributed by atoms with Crippen LogP contribution in [0.2, 0.25) is 0 Å². The largest absolute Gasteiger partial charge is 0.496 e. The van der Waals surface area contributed by atoms with Crippen molar-refractivity contribution in [3.63, 3.8) is 0 Å². The Morgan fingerprint density at radius 2 is 1.73 bits per heavy atom. The molecule has 0 fully saturated rings. The first-order valence-electron chi connectivity index (χ1n) is 9.03. The van der Waals surface area contributed by atoms with Crippen molar-refractivity contribution in [3.05, 3.63) is 78.6 Å². The maximum Gasteiger partial charge on any atom is 0.323 e. The van der Waals surface area contributed by atoms with Crippen LogP contribution in [0.3, 0.4) is 0 Å². The van der Waals surface area contributed by atoms with E-state index in [-0.39, 0.29) is 5.82 Å². The Bertz CT molecular complexity index is 1170. The fourth-order valence-corrected chi connectivity index (χ4v) is 2.83. The van der Waals surface area contributed by atoms with E-state index >= 15 is 0 Å². The minimum atomic E-state index is -0.457. The molecule has 3 aromatic carbocycles. The van der Waals surface area contributed by atoms with E-state index in [9.17, 15) is 9.18 Å². The molecule has 2 amide bonds. The van der Waals surface area contributed by atoms with Gasteiger partial charge in [-0.2, -0.15) is 4.98 Å². The second-order valence-electron chi connectivity index (χ2n) is 6.29. The number of carbonyl (C=O) groups excluding carboxylic acids is 1. The number of nitrogens with zero attached hydrogens (tertiary/aromatic N) is 2. The molecule has 0 spiro atoms. The van der Waals surface area contributed by atoms with E-state index in [0.29, 0.717) is 40.0 Å². The van der Waals surface area contributed by atoms with Gasteiger partial charge in [-0.3, -0.25) is 0 Å². The summed E-state index contributed by atoms with van der Waals surface area (Å²) in [5, 5.41) is 9.39. The molecule has 150 valence electrons. The van der Waals surface area contributed by atoms with Crippen LogP contribution in [0.1, 0.15) is 0 Å². The second kappa shape index (κ2) is 8.44. The monoisotopic (exact) mass is 404 g/mol. The van der Waals surface area contributed by atoms with E-state index in [1.54, 1.807) is 31.4 Å². The van der Waals surface area contributed by atoms with Gasteiger partial charge in [-0.15, -0.1) is 0 Å². The SMILES string of the molecule is COc1ccccc1-c1nc(-c2cccc(NC(=O)Nc3ccc(F)cc3)c2)no1. The van der Waals surface area contributed by atoms with Crippen molar-refractivity contribution < 1.29 is 18.4 Å². The number of ether oxygens (including phenoxy) is 1. The van der Waals surface area contributed by atoms with Gasteiger partial charge < -0.3 is 19.9 Å². The quantitative estimate of drug-likeness (QED) is 0.477. The smallest absolute Gasteiger partial charge is 0.323 e. The van der Waals surface area contributed by atoms with E-state index in [0.717, 1.165) is 0 Å². The molecule has 0 aliphatic carbocycles. The summed E-state index contributed by atoms with van der Waals surface area (Å²) in [6, 6.07) is 19.4. The van der Waals surface area contributed by atoms with Crippen molar-refractivity contribution in [1.29, 1.82) is 0 Å². The summed E-state index contributed by atoms with van der Waals surface area (Å²) < 4.78 is 23.7. The zero-order chi connectivity index (χ0) is 20.9. The first kappa shape index (κ1) is 19.1. The Kier molecular flexibility index (Phi) is 5.38. The third-order valence-electron chi connectivity index (χ3n) is 4.24. The number of hydrogen-bond acceptors (Lipinski definition) is 5. The van der Waals surface area contributed by atoms with Crippen molar-refractivity contribution in [2.75, 3.05) is 17.7 Å². The van der Waals surface area contributed by atoms with E-state index in [1.165, 1.54) is 24.3 Å². The summed E-state index contributed by atoms with van der Waals surface area (Å²) in [7, 11) is 1.57. The fourth-order valence-electron chi connectivity index (χ4n) is 2.83. The normalized spacial score (nSPS) is 10.5. The lowest BCUT2D eigenvalue weighted by molar-refractivity contribution is 0.262. The molecular weight excluding hydrogens is 387 g/mol. The van der Waals surface area contributed by atoms with Crippen molar-refractivity contribution in [2.24, 2.45) is 0 Å². The average molecular weight is 404 g/mol. The molecule has 2 N–H and O–H groups in total. The Hall–Kier alpha value is -4.20. The maximum absolute atomic E-state index is 13.0. The molecule has 30 heavy (non-hydrogen) atoms. The zero-order valence-electron chi connectivity index (χ0n) is 15.9. The highest BCUT2D eigenvalue weighted by Crippen LogP contribution is 2.30. The van der Waals surface area contributed by atoms with Crippen LogP contribution in [0.25, 0.3) is 22.8 Å². The van der Waals surface area contributed by atoms with Crippen LogP contribution in [0.5, 0.6) is 5.75 Å². The van der Waals surface area contributed by atoms with Gasteiger partial charge >= 0.3 is 6.03 Å². The number of urea groups is 1. The lowest BCUT2D eigenvalue weighted by atomic mass is 10.2. The molecule has 4 rings (SSSR count). The lowest BCUT2D eigenvalue weighted by Gasteiger charge is -2.08. The predicted molar refractivity (Wildman–Crippen MR) is 111 cm³/mol. The van der Waals surface area contributed by atoms with Gasteiger partial charge in [0.15, 0.2) is 0 Å². The van der Waals surface area contributed by atoms with Gasteiger partial charge in [0.1, 0.15) is 11.6 Å². The number of aromatic nitrogens is 2. The molecule has 0 atom stereocenters. The minimum Gasteiger partial charge on any atom is -0.496 e. The third-order valence-corrected chi connectivity index (χ3v) is 4.24. The summed E-state index contributed by atoms with van der Waals surface area (Å²) in [5.74, 6) is 0.954. The van der Waals surface area contributed by atoms with Crippen molar-refractivity contribution in [3.8, 4) is 28.6 Å². The maximum atomic E-state index is 13.0. The van der Waals surface area contributed by atoms with Crippen LogP contribution < -0.4 is 15.4 Å². The number of para-hydroxylation sites is 1. The molecule has 0 saturated heterocycles. The zero-order valence-corrected chi connectivity index (χ0v) is 15.9. The summed E-state index contributed by atoms with van der Waals surface area (Å²) in [6.07, 6.45) is 0. The number of anilines is 2. The summed E-state index contributed by atoms with van der Waals surface area (Å²) >= 11 is 0. The topological polar surface area (TPSA) is 89.3 Å². The number of nitrogens with one attached hydrogen (secondary N) is 2. The molecular formula is C22H17FN4O3. The van der Waals surface area contributed by atoms with E-state index in [2.05, 4.69) is 20.8 Å². The molecule has 0 saturated carbocycles. The van der Waals surface area contributed by atoms with Crippen LogP contribution in [0, 0.1) is 5.82 Å². The fraction of sp³-hybridized carbons (Fsp3) is 0.0455. The second-order valence-corrected chi connectivity index (χ2v) is 6.29. The van der Waals surface area contributed by atoms with Gasteiger partial charge in [0.05, 0.1) is 12.7 Å². The number of methoxy groups -OCH3 is 1. The van der Waals surface area contributed by atoms with Crippen LogP contribution in [-0.2, 0) is 0 Å². The number of halogens is 1. The Labute approximate surface area is 171 Å². The van der Waals surface area contributed by atoms with Gasteiger partial charge in [0.2, 0.25) is 5.82 Å². The number of benzene rings is 3. The minimum absolute atomic E-state index is 0.329. The molecule has 1 heterocycles.